The second-order valence-electron chi connectivity index (χ2n) is 3.93. The second-order valence-corrected chi connectivity index (χ2v) is 4.97. The first-order valence-electron chi connectivity index (χ1n) is 5.48. The maximum absolute atomic E-state index is 12.5. The lowest BCUT2D eigenvalue weighted by Crippen LogP contribution is -2.22. The minimum atomic E-state index is -4.59. The van der Waals surface area contributed by atoms with Crippen molar-refractivity contribution < 1.29 is 18.0 Å². The molecular weight excluding hydrogens is 293 g/mol. The van der Waals surface area contributed by atoms with Crippen LogP contribution in [0.3, 0.4) is 0 Å². The molecule has 2 aromatic rings. The average molecular weight is 302 g/mol. The Morgan fingerprint density at radius 1 is 1.40 bits per heavy atom. The van der Waals surface area contributed by atoms with Crippen molar-refractivity contribution in [2.75, 3.05) is 5.32 Å². The van der Waals surface area contributed by atoms with Crippen molar-refractivity contribution in [3.63, 3.8) is 0 Å². The van der Waals surface area contributed by atoms with E-state index in [2.05, 4.69) is 5.32 Å². The number of carbonyl (C=O) groups is 1. The van der Waals surface area contributed by atoms with Gasteiger partial charge < -0.3 is 10.3 Å². The van der Waals surface area contributed by atoms with E-state index in [9.17, 15) is 22.8 Å². The minimum absolute atomic E-state index is 0.00729. The molecule has 0 bridgehead atoms. The highest BCUT2D eigenvalue weighted by Crippen LogP contribution is 2.29. The van der Waals surface area contributed by atoms with Gasteiger partial charge in [0.2, 0.25) is 5.91 Å². The van der Waals surface area contributed by atoms with E-state index < -0.39 is 28.9 Å². The van der Waals surface area contributed by atoms with Crippen LogP contribution in [0.25, 0.3) is 0 Å². The first-order chi connectivity index (χ1) is 9.36. The Bertz CT molecular complexity index is 662. The monoisotopic (exact) mass is 302 g/mol. The molecule has 20 heavy (non-hydrogen) atoms. The SMILES string of the molecule is O=C(Cc1cccs1)Nc1cc(C(F)(F)F)c[nH]c1=O. The molecule has 2 heterocycles. The Balaban J connectivity index is 2.16. The third-order valence-corrected chi connectivity index (χ3v) is 3.30. The van der Waals surface area contributed by atoms with Gasteiger partial charge in [-0.1, -0.05) is 6.07 Å². The number of aromatic nitrogens is 1. The lowest BCUT2D eigenvalue weighted by Gasteiger charge is -2.08. The molecule has 2 N–H and O–H groups in total. The molecule has 8 heteroatoms. The van der Waals surface area contributed by atoms with Crippen molar-refractivity contribution in [3.05, 3.63) is 50.6 Å². The third kappa shape index (κ3) is 3.47. The molecule has 0 saturated heterocycles. The summed E-state index contributed by atoms with van der Waals surface area (Å²) in [6, 6.07) is 4.09. The van der Waals surface area contributed by atoms with E-state index in [1.807, 2.05) is 4.98 Å². The second kappa shape index (κ2) is 5.49. The van der Waals surface area contributed by atoms with Gasteiger partial charge in [0.15, 0.2) is 0 Å². The van der Waals surface area contributed by atoms with Crippen LogP contribution in [0.1, 0.15) is 10.4 Å². The summed E-state index contributed by atoms with van der Waals surface area (Å²) in [6.45, 7) is 0. The van der Waals surface area contributed by atoms with E-state index in [0.717, 1.165) is 4.88 Å². The Morgan fingerprint density at radius 2 is 2.15 bits per heavy atom. The van der Waals surface area contributed by atoms with Gasteiger partial charge in [0.1, 0.15) is 5.69 Å². The Morgan fingerprint density at radius 3 is 2.75 bits per heavy atom. The van der Waals surface area contributed by atoms with Crippen LogP contribution in [0, 0.1) is 0 Å². The summed E-state index contributed by atoms with van der Waals surface area (Å²) in [7, 11) is 0. The van der Waals surface area contributed by atoms with E-state index in [1.54, 1.807) is 17.5 Å². The molecular formula is C12H9F3N2O2S. The zero-order valence-electron chi connectivity index (χ0n) is 9.95. The average Bonchev–Trinajstić information content (AvgIpc) is 2.83. The fourth-order valence-electron chi connectivity index (χ4n) is 1.51. The fraction of sp³-hybridized carbons (Fsp3) is 0.167. The van der Waals surface area contributed by atoms with E-state index >= 15 is 0 Å². The molecule has 4 nitrogen and oxygen atoms in total. The zero-order valence-corrected chi connectivity index (χ0v) is 10.8. The Hall–Kier alpha value is -2.09. The van der Waals surface area contributed by atoms with Crippen molar-refractivity contribution in [2.45, 2.75) is 12.6 Å². The van der Waals surface area contributed by atoms with Gasteiger partial charge in [-0.25, -0.2) is 0 Å². The third-order valence-electron chi connectivity index (χ3n) is 2.42. The van der Waals surface area contributed by atoms with Gasteiger partial charge in [-0.3, -0.25) is 9.59 Å². The molecule has 2 rings (SSSR count). The number of hydrogen-bond donors (Lipinski definition) is 2. The molecule has 0 fully saturated rings. The molecule has 0 spiro atoms. The number of rotatable bonds is 3. The Labute approximate surface area is 115 Å². The number of amides is 1. The number of H-pyrrole nitrogens is 1. The van der Waals surface area contributed by atoms with Crippen molar-refractivity contribution in [1.82, 2.24) is 4.98 Å². The number of nitrogens with one attached hydrogen (secondary N) is 2. The van der Waals surface area contributed by atoms with Crippen LogP contribution in [-0.4, -0.2) is 10.9 Å². The van der Waals surface area contributed by atoms with Gasteiger partial charge in [-0.15, -0.1) is 11.3 Å². The largest absolute Gasteiger partial charge is 0.417 e. The molecule has 2 aromatic heterocycles. The van der Waals surface area contributed by atoms with Crippen LogP contribution in [0.2, 0.25) is 0 Å². The first-order valence-corrected chi connectivity index (χ1v) is 6.36. The number of carbonyl (C=O) groups excluding carboxylic acids is 1. The maximum atomic E-state index is 12.5. The molecule has 0 aliphatic carbocycles. The summed E-state index contributed by atoms with van der Waals surface area (Å²) in [5, 5.41) is 3.96. The quantitative estimate of drug-likeness (QED) is 0.915. The van der Waals surface area contributed by atoms with Crippen molar-refractivity contribution >= 4 is 22.9 Å². The minimum Gasteiger partial charge on any atom is -0.327 e. The van der Waals surface area contributed by atoms with Gasteiger partial charge in [0, 0.05) is 11.1 Å². The number of hydrogen-bond acceptors (Lipinski definition) is 3. The van der Waals surface area contributed by atoms with Crippen LogP contribution in [0.5, 0.6) is 0 Å². The van der Waals surface area contributed by atoms with Crippen molar-refractivity contribution in [2.24, 2.45) is 0 Å². The molecule has 0 aromatic carbocycles. The zero-order chi connectivity index (χ0) is 14.8. The number of aromatic amines is 1. The molecule has 0 unspecified atom stereocenters. The van der Waals surface area contributed by atoms with E-state index in [1.165, 1.54) is 11.3 Å². The number of alkyl halides is 3. The molecule has 0 atom stereocenters. The highest BCUT2D eigenvalue weighted by Gasteiger charge is 2.31. The molecule has 0 saturated carbocycles. The number of anilines is 1. The standard InChI is InChI=1S/C12H9F3N2O2S/c13-12(14,15)7-4-9(11(19)16-6-7)17-10(18)5-8-2-1-3-20-8/h1-4,6H,5H2,(H,16,19)(H,17,18). The lowest BCUT2D eigenvalue weighted by atomic mass is 10.2. The van der Waals surface area contributed by atoms with Gasteiger partial charge >= 0.3 is 6.18 Å². The Kier molecular flexibility index (Phi) is 3.93. The first kappa shape index (κ1) is 14.3. The summed E-state index contributed by atoms with van der Waals surface area (Å²) in [5.74, 6) is -0.544. The van der Waals surface area contributed by atoms with Gasteiger partial charge in [-0.2, -0.15) is 13.2 Å². The van der Waals surface area contributed by atoms with Crippen LogP contribution < -0.4 is 10.9 Å². The van der Waals surface area contributed by atoms with Gasteiger partial charge in [-0.05, 0) is 17.5 Å². The smallest absolute Gasteiger partial charge is 0.327 e. The molecule has 0 radical (unpaired) electrons. The van der Waals surface area contributed by atoms with Crippen molar-refractivity contribution in [3.8, 4) is 0 Å². The van der Waals surface area contributed by atoms with Crippen LogP contribution in [0.15, 0.2) is 34.6 Å². The van der Waals surface area contributed by atoms with E-state index in [0.29, 0.717) is 12.3 Å². The van der Waals surface area contributed by atoms with Gasteiger partial charge in [0.05, 0.1) is 12.0 Å². The van der Waals surface area contributed by atoms with E-state index in [4.69, 9.17) is 0 Å². The molecule has 0 aliphatic heterocycles. The van der Waals surface area contributed by atoms with E-state index in [-0.39, 0.29) is 6.42 Å². The highest BCUT2D eigenvalue weighted by atomic mass is 32.1. The summed E-state index contributed by atoms with van der Waals surface area (Å²) in [6.07, 6.45) is -4.01. The molecule has 0 aliphatic rings. The van der Waals surface area contributed by atoms with Crippen molar-refractivity contribution in [1.29, 1.82) is 0 Å². The molecule has 106 valence electrons. The summed E-state index contributed by atoms with van der Waals surface area (Å²) in [4.78, 5) is 25.8. The van der Waals surface area contributed by atoms with Crippen LogP contribution >= 0.6 is 11.3 Å². The predicted molar refractivity (Wildman–Crippen MR) is 68.7 cm³/mol. The van der Waals surface area contributed by atoms with Crippen LogP contribution in [-0.2, 0) is 17.4 Å². The molecule has 1 amide bonds. The van der Waals surface area contributed by atoms with Crippen LogP contribution in [0.4, 0.5) is 18.9 Å². The number of pyridine rings is 1. The highest BCUT2D eigenvalue weighted by molar-refractivity contribution is 7.10. The summed E-state index contributed by atoms with van der Waals surface area (Å²) < 4.78 is 37.5. The normalized spacial score (nSPS) is 11.3. The number of halogens is 3. The summed E-state index contributed by atoms with van der Waals surface area (Å²) >= 11 is 1.35. The number of thiophene rings is 1. The topological polar surface area (TPSA) is 62.0 Å². The predicted octanol–water partition coefficient (Wildman–Crippen LogP) is 2.64. The fourth-order valence-corrected chi connectivity index (χ4v) is 2.21. The lowest BCUT2D eigenvalue weighted by molar-refractivity contribution is -0.137. The van der Waals surface area contributed by atoms with Gasteiger partial charge in [0.25, 0.3) is 5.56 Å². The summed E-state index contributed by atoms with van der Waals surface area (Å²) in [5.41, 5.74) is -2.22. The maximum Gasteiger partial charge on any atom is 0.417 e.